The van der Waals surface area contributed by atoms with Crippen molar-refractivity contribution in [2.45, 2.75) is 39.8 Å². The molecule has 1 rings (SSSR count). The van der Waals surface area contributed by atoms with Crippen LogP contribution in [-0.4, -0.2) is 53.2 Å². The fourth-order valence-corrected chi connectivity index (χ4v) is 3.02. The molecule has 0 saturated carbocycles. The molecule has 8 nitrogen and oxygen atoms in total. The van der Waals surface area contributed by atoms with Gasteiger partial charge in [-0.05, 0) is 20.3 Å². The Balaban J connectivity index is 2.60. The molecule has 0 aliphatic rings. The molecule has 114 valence electrons. The number of carbonyl (C=O) groups excluding carboxylic acids is 1. The second-order valence-corrected chi connectivity index (χ2v) is 6.56. The van der Waals surface area contributed by atoms with Gasteiger partial charge >= 0.3 is 0 Å². The van der Waals surface area contributed by atoms with E-state index < -0.39 is 16.1 Å². The summed E-state index contributed by atoms with van der Waals surface area (Å²) in [6.07, 6.45) is 0.503. The minimum Gasteiger partial charge on any atom is -0.337 e. The zero-order valence-corrected chi connectivity index (χ0v) is 13.0. The molecule has 20 heavy (non-hydrogen) atoms. The maximum absolute atomic E-state index is 12.1. The molecule has 1 amide bonds. The van der Waals surface area contributed by atoms with Crippen LogP contribution in [0.15, 0.2) is 0 Å². The van der Waals surface area contributed by atoms with Crippen molar-refractivity contribution in [3.63, 3.8) is 0 Å². The van der Waals surface area contributed by atoms with Crippen molar-refractivity contribution >= 4 is 15.9 Å². The highest BCUT2D eigenvalue weighted by atomic mass is 32.2. The highest BCUT2D eigenvalue weighted by molar-refractivity contribution is 7.89. The first-order valence-corrected chi connectivity index (χ1v) is 8.03. The number of hydrogen-bond donors (Lipinski definition) is 2. The standard InChI is InChI=1S/C11H21N5O3S/c1-5-6-20(18,19)15-8(2)11(17)16(4)7-10-12-9(3)13-14-10/h8,15H,5-7H2,1-4H3,(H,12,13,14). The molecule has 0 aliphatic heterocycles. The van der Waals surface area contributed by atoms with E-state index in [-0.39, 0.29) is 18.2 Å². The molecular weight excluding hydrogens is 282 g/mol. The number of sulfonamides is 1. The number of nitrogens with one attached hydrogen (secondary N) is 2. The lowest BCUT2D eigenvalue weighted by Crippen LogP contribution is -2.45. The molecule has 1 heterocycles. The van der Waals surface area contributed by atoms with Gasteiger partial charge in [-0.3, -0.25) is 9.89 Å². The average molecular weight is 303 g/mol. The third-order valence-corrected chi connectivity index (χ3v) is 4.26. The number of aryl methyl sites for hydroxylation is 1. The first-order chi connectivity index (χ1) is 9.25. The lowest BCUT2D eigenvalue weighted by Gasteiger charge is -2.20. The Hall–Kier alpha value is -1.48. The number of rotatable bonds is 7. The van der Waals surface area contributed by atoms with E-state index in [0.29, 0.717) is 18.1 Å². The molecule has 0 bridgehead atoms. The molecule has 0 radical (unpaired) electrons. The van der Waals surface area contributed by atoms with E-state index in [2.05, 4.69) is 19.9 Å². The number of hydrogen-bond acceptors (Lipinski definition) is 5. The zero-order chi connectivity index (χ0) is 15.3. The van der Waals surface area contributed by atoms with Crippen molar-refractivity contribution in [3.05, 3.63) is 11.6 Å². The first kappa shape index (κ1) is 16.6. The monoisotopic (exact) mass is 303 g/mol. The summed E-state index contributed by atoms with van der Waals surface area (Å²) in [5, 5.41) is 6.62. The van der Waals surface area contributed by atoms with Gasteiger partial charge < -0.3 is 4.90 Å². The molecule has 0 saturated heterocycles. The fraction of sp³-hybridized carbons (Fsp3) is 0.727. The predicted molar refractivity (Wildman–Crippen MR) is 74.3 cm³/mol. The van der Waals surface area contributed by atoms with Crippen LogP contribution in [0.2, 0.25) is 0 Å². The lowest BCUT2D eigenvalue weighted by molar-refractivity contribution is -0.131. The fourth-order valence-electron chi connectivity index (χ4n) is 1.73. The van der Waals surface area contributed by atoms with Crippen LogP contribution < -0.4 is 4.72 Å². The van der Waals surface area contributed by atoms with Crippen LogP contribution in [0, 0.1) is 6.92 Å². The van der Waals surface area contributed by atoms with E-state index in [1.807, 2.05) is 0 Å². The third kappa shape index (κ3) is 4.89. The van der Waals surface area contributed by atoms with E-state index in [1.165, 1.54) is 11.8 Å². The molecule has 0 aliphatic carbocycles. The maximum atomic E-state index is 12.1. The third-order valence-electron chi connectivity index (χ3n) is 2.60. The van der Waals surface area contributed by atoms with Gasteiger partial charge in [-0.2, -0.15) is 5.10 Å². The first-order valence-electron chi connectivity index (χ1n) is 6.38. The molecule has 0 aromatic carbocycles. The lowest BCUT2D eigenvalue weighted by atomic mass is 10.3. The highest BCUT2D eigenvalue weighted by Gasteiger charge is 2.23. The average Bonchev–Trinajstić information content (AvgIpc) is 2.72. The summed E-state index contributed by atoms with van der Waals surface area (Å²) in [6, 6.07) is -0.809. The van der Waals surface area contributed by atoms with E-state index in [0.717, 1.165) is 0 Å². The number of aromatic nitrogens is 3. The molecule has 1 atom stereocenters. The Bertz CT molecular complexity index is 554. The van der Waals surface area contributed by atoms with Crippen LogP contribution in [0.4, 0.5) is 0 Å². The molecule has 1 aromatic heterocycles. The SMILES string of the molecule is CCCS(=O)(=O)NC(C)C(=O)N(C)Cc1n[nH]c(C)n1. The molecule has 0 spiro atoms. The van der Waals surface area contributed by atoms with E-state index >= 15 is 0 Å². The number of nitrogens with zero attached hydrogens (tertiary/aromatic N) is 3. The van der Waals surface area contributed by atoms with Crippen LogP contribution >= 0.6 is 0 Å². The van der Waals surface area contributed by atoms with Crippen molar-refractivity contribution in [2.24, 2.45) is 0 Å². The molecule has 2 N–H and O–H groups in total. The van der Waals surface area contributed by atoms with Crippen LogP contribution in [0.3, 0.4) is 0 Å². The minimum absolute atomic E-state index is 0.00838. The van der Waals surface area contributed by atoms with Gasteiger partial charge in [0.05, 0.1) is 18.3 Å². The molecule has 1 aromatic rings. The smallest absolute Gasteiger partial charge is 0.240 e. The summed E-state index contributed by atoms with van der Waals surface area (Å²) in [7, 11) is -1.83. The summed E-state index contributed by atoms with van der Waals surface area (Å²) in [4.78, 5) is 17.6. The Morgan fingerprint density at radius 2 is 2.15 bits per heavy atom. The van der Waals surface area contributed by atoms with Gasteiger partial charge in [-0.15, -0.1) is 0 Å². The van der Waals surface area contributed by atoms with Gasteiger partial charge in [-0.1, -0.05) is 6.92 Å². The van der Waals surface area contributed by atoms with Crippen LogP contribution in [0.1, 0.15) is 31.9 Å². The second kappa shape index (κ2) is 6.80. The topological polar surface area (TPSA) is 108 Å². The molecular formula is C11H21N5O3S. The van der Waals surface area contributed by atoms with Crippen molar-refractivity contribution in [2.75, 3.05) is 12.8 Å². The van der Waals surface area contributed by atoms with E-state index in [1.54, 1.807) is 20.9 Å². The van der Waals surface area contributed by atoms with E-state index in [9.17, 15) is 13.2 Å². The van der Waals surface area contributed by atoms with Crippen LogP contribution in [0.5, 0.6) is 0 Å². The summed E-state index contributed by atoms with van der Waals surface area (Å²) in [5.41, 5.74) is 0. The van der Waals surface area contributed by atoms with Crippen molar-refractivity contribution in [1.29, 1.82) is 0 Å². The molecule has 9 heteroatoms. The maximum Gasteiger partial charge on any atom is 0.240 e. The Kier molecular flexibility index (Phi) is 5.63. The number of aromatic amines is 1. The Morgan fingerprint density at radius 3 is 2.65 bits per heavy atom. The highest BCUT2D eigenvalue weighted by Crippen LogP contribution is 2.01. The zero-order valence-electron chi connectivity index (χ0n) is 12.2. The largest absolute Gasteiger partial charge is 0.337 e. The summed E-state index contributed by atoms with van der Waals surface area (Å²) >= 11 is 0. The van der Waals surface area contributed by atoms with Crippen molar-refractivity contribution in [3.8, 4) is 0 Å². The Morgan fingerprint density at radius 1 is 1.50 bits per heavy atom. The second-order valence-electron chi connectivity index (χ2n) is 4.69. The van der Waals surface area contributed by atoms with Crippen LogP contribution in [0.25, 0.3) is 0 Å². The van der Waals surface area contributed by atoms with Gasteiger partial charge in [0.1, 0.15) is 5.82 Å². The van der Waals surface area contributed by atoms with Gasteiger partial charge in [0.15, 0.2) is 5.82 Å². The quantitative estimate of drug-likeness (QED) is 0.724. The van der Waals surface area contributed by atoms with Gasteiger partial charge in [0.2, 0.25) is 15.9 Å². The predicted octanol–water partition coefficient (Wildman–Crippen LogP) is -0.211. The van der Waals surface area contributed by atoms with Gasteiger partial charge in [0, 0.05) is 7.05 Å². The van der Waals surface area contributed by atoms with Gasteiger partial charge in [0.25, 0.3) is 0 Å². The Labute approximate surface area is 119 Å². The van der Waals surface area contributed by atoms with Crippen molar-refractivity contribution in [1.82, 2.24) is 24.8 Å². The summed E-state index contributed by atoms with van der Waals surface area (Å²) < 4.78 is 25.6. The number of carbonyl (C=O) groups is 1. The number of H-pyrrole nitrogens is 1. The van der Waals surface area contributed by atoms with Crippen molar-refractivity contribution < 1.29 is 13.2 Å². The molecule has 0 fully saturated rings. The van der Waals surface area contributed by atoms with Gasteiger partial charge in [-0.25, -0.2) is 18.1 Å². The molecule has 1 unspecified atom stereocenters. The van der Waals surface area contributed by atoms with E-state index in [4.69, 9.17) is 0 Å². The number of likely N-dealkylation sites (N-methyl/N-ethyl adjacent to an activating group) is 1. The summed E-state index contributed by atoms with van der Waals surface area (Å²) in [5.74, 6) is 0.834. The van der Waals surface area contributed by atoms with Crippen LogP contribution in [-0.2, 0) is 21.4 Å². The number of amides is 1. The normalized spacial score (nSPS) is 13.2. The minimum atomic E-state index is -3.41. The summed E-state index contributed by atoms with van der Waals surface area (Å²) in [6.45, 7) is 5.28.